The fourth-order valence-electron chi connectivity index (χ4n) is 4.70. The number of carbonyl (C=O) groups is 3. The van der Waals surface area contributed by atoms with E-state index in [1.807, 2.05) is 30.3 Å². The smallest absolute Gasteiger partial charge is 0.242 e. The zero-order chi connectivity index (χ0) is 25.3. The predicted molar refractivity (Wildman–Crippen MR) is 143 cm³/mol. The third kappa shape index (κ3) is 6.61. The first-order valence-corrected chi connectivity index (χ1v) is 13.0. The maximum Gasteiger partial charge on any atom is 0.242 e. The van der Waals surface area contributed by atoms with Crippen LogP contribution in [0.3, 0.4) is 0 Å². The summed E-state index contributed by atoms with van der Waals surface area (Å²) < 4.78 is 0. The number of fused-ring (bicyclic) bond motifs is 1. The lowest BCUT2D eigenvalue weighted by atomic mass is 10.0. The van der Waals surface area contributed by atoms with E-state index in [9.17, 15) is 14.4 Å². The van der Waals surface area contributed by atoms with Crippen LogP contribution in [0.1, 0.15) is 51.0 Å². The first-order chi connectivity index (χ1) is 17.5. The van der Waals surface area contributed by atoms with Gasteiger partial charge in [0.05, 0.1) is 6.04 Å². The number of nitrogens with one attached hydrogen (secondary N) is 4. The van der Waals surface area contributed by atoms with Gasteiger partial charge in [0.1, 0.15) is 11.8 Å². The first kappa shape index (κ1) is 25.6. The van der Waals surface area contributed by atoms with Gasteiger partial charge in [-0.1, -0.05) is 61.4 Å². The lowest BCUT2D eigenvalue weighted by Crippen LogP contribution is -2.57. The van der Waals surface area contributed by atoms with E-state index in [-0.39, 0.29) is 23.6 Å². The molecular weight excluding hydrogens is 452 g/mol. The minimum Gasteiger partial charge on any atom is -0.354 e. The minimum absolute atomic E-state index is 0.117. The summed E-state index contributed by atoms with van der Waals surface area (Å²) in [7, 11) is 0. The van der Waals surface area contributed by atoms with Crippen LogP contribution < -0.4 is 16.0 Å². The number of para-hydroxylation sites is 1. The van der Waals surface area contributed by atoms with Crippen molar-refractivity contribution in [2.75, 3.05) is 13.1 Å². The molecule has 1 saturated heterocycles. The molecule has 1 aliphatic rings. The van der Waals surface area contributed by atoms with Crippen LogP contribution in [0, 0.1) is 0 Å². The van der Waals surface area contributed by atoms with E-state index >= 15 is 0 Å². The number of hydrogen-bond acceptors (Lipinski definition) is 4. The number of unbranched alkanes of at least 4 members (excludes halogenated alkanes) is 2. The van der Waals surface area contributed by atoms with Crippen LogP contribution >= 0.6 is 0 Å². The van der Waals surface area contributed by atoms with Gasteiger partial charge in [-0.2, -0.15) is 0 Å². The highest BCUT2D eigenvalue weighted by atomic mass is 16.2. The van der Waals surface area contributed by atoms with E-state index < -0.39 is 6.04 Å². The fraction of sp³-hybridized carbons (Fsp3) is 0.414. The first-order valence-electron chi connectivity index (χ1n) is 13.0. The van der Waals surface area contributed by atoms with Crippen molar-refractivity contribution < 1.29 is 14.4 Å². The molecule has 2 heterocycles. The van der Waals surface area contributed by atoms with E-state index in [2.05, 4.69) is 45.2 Å². The predicted octanol–water partition coefficient (Wildman–Crippen LogP) is 3.88. The number of ketones is 1. The van der Waals surface area contributed by atoms with Crippen molar-refractivity contribution in [2.24, 2.45) is 0 Å². The highest BCUT2D eigenvalue weighted by Crippen LogP contribution is 2.30. The molecule has 2 amide bonds. The molecule has 0 radical (unpaired) electrons. The van der Waals surface area contributed by atoms with Crippen molar-refractivity contribution in [1.29, 1.82) is 0 Å². The van der Waals surface area contributed by atoms with Crippen LogP contribution in [0.15, 0.2) is 54.6 Å². The van der Waals surface area contributed by atoms with Crippen LogP contribution in [0.4, 0.5) is 0 Å². The van der Waals surface area contributed by atoms with Gasteiger partial charge in [-0.25, -0.2) is 0 Å². The molecule has 2 aromatic carbocycles. The van der Waals surface area contributed by atoms with Gasteiger partial charge in [0.2, 0.25) is 11.8 Å². The minimum atomic E-state index is -0.575. The molecule has 0 aliphatic carbocycles. The average Bonchev–Trinajstić information content (AvgIpc) is 3.21. The molecule has 4 rings (SSSR count). The van der Waals surface area contributed by atoms with Crippen molar-refractivity contribution in [3.63, 3.8) is 0 Å². The van der Waals surface area contributed by atoms with Gasteiger partial charge < -0.3 is 25.7 Å². The summed E-state index contributed by atoms with van der Waals surface area (Å²) in [5.41, 5.74) is 4.41. The molecule has 7 heteroatoms. The number of amides is 2. The highest BCUT2D eigenvalue weighted by molar-refractivity contribution is 5.92. The Bertz CT molecular complexity index is 1180. The standard InChI is InChI=1S/C29H36N4O3/c1-20(34)10-4-2-7-15-26(33-29(36)25-17-19-30-25)28(35)31-18-16-23-22-13-8-9-14-24(22)32-27(23)21-11-5-3-6-12-21/h3,5-6,8-9,11-14,25-26,30,32H,2,4,7,10,15-19H2,1H3,(H,31,35)(H,33,36)/t25-,26+/m1/s1. The molecule has 2 atom stereocenters. The quantitative estimate of drug-likeness (QED) is 0.274. The Balaban J connectivity index is 1.39. The maximum atomic E-state index is 13.1. The highest BCUT2D eigenvalue weighted by Gasteiger charge is 2.28. The summed E-state index contributed by atoms with van der Waals surface area (Å²) in [5.74, 6) is -0.0933. The topological polar surface area (TPSA) is 103 Å². The largest absolute Gasteiger partial charge is 0.354 e. The third-order valence-corrected chi connectivity index (χ3v) is 6.85. The summed E-state index contributed by atoms with van der Waals surface area (Å²) in [6, 6.07) is 17.6. The van der Waals surface area contributed by atoms with E-state index in [0.29, 0.717) is 25.8 Å². The normalized spacial score (nSPS) is 15.8. The van der Waals surface area contributed by atoms with Gasteiger partial charge in [0.15, 0.2) is 0 Å². The van der Waals surface area contributed by atoms with Gasteiger partial charge in [-0.15, -0.1) is 0 Å². The third-order valence-electron chi connectivity index (χ3n) is 6.85. The Hall–Kier alpha value is -3.45. The molecule has 1 fully saturated rings. The summed E-state index contributed by atoms with van der Waals surface area (Å²) in [6.07, 6.45) is 5.03. The molecular formula is C29H36N4O3. The van der Waals surface area contributed by atoms with E-state index in [1.165, 1.54) is 5.56 Å². The van der Waals surface area contributed by atoms with Crippen molar-refractivity contribution in [1.82, 2.24) is 20.9 Å². The van der Waals surface area contributed by atoms with Gasteiger partial charge in [0.25, 0.3) is 0 Å². The van der Waals surface area contributed by atoms with Crippen LogP contribution in [0.5, 0.6) is 0 Å². The van der Waals surface area contributed by atoms with Crippen LogP contribution in [-0.2, 0) is 20.8 Å². The Morgan fingerprint density at radius 3 is 2.47 bits per heavy atom. The molecule has 7 nitrogen and oxygen atoms in total. The molecule has 3 aromatic rings. The summed E-state index contributed by atoms with van der Waals surface area (Å²) in [4.78, 5) is 40.4. The SMILES string of the molecule is CC(=O)CCCCC[C@H](NC(=O)[C@H]1CCN1)C(=O)NCCc1c(-c2ccccc2)[nH]c2ccccc12. The second-order valence-corrected chi connectivity index (χ2v) is 9.59. The number of Topliss-reactive ketones (excluding diaryl/α,β-unsaturated/α-hetero) is 1. The molecule has 36 heavy (non-hydrogen) atoms. The number of aromatic nitrogens is 1. The summed E-state index contributed by atoms with van der Waals surface area (Å²) >= 11 is 0. The van der Waals surface area contributed by atoms with Gasteiger partial charge in [-0.05, 0) is 56.3 Å². The Morgan fingerprint density at radius 1 is 1.00 bits per heavy atom. The molecule has 190 valence electrons. The molecule has 1 aliphatic heterocycles. The summed E-state index contributed by atoms with van der Waals surface area (Å²) in [5, 5.41) is 10.2. The van der Waals surface area contributed by atoms with Crippen LogP contribution in [0.25, 0.3) is 22.2 Å². The van der Waals surface area contributed by atoms with Crippen molar-refractivity contribution in [3.8, 4) is 11.3 Å². The van der Waals surface area contributed by atoms with E-state index in [4.69, 9.17) is 0 Å². The fourth-order valence-corrected chi connectivity index (χ4v) is 4.70. The molecule has 4 N–H and O–H groups in total. The molecule has 0 bridgehead atoms. The Kier molecular flexibility index (Phi) is 8.90. The molecule has 0 saturated carbocycles. The van der Waals surface area contributed by atoms with Gasteiger partial charge in [-0.3, -0.25) is 9.59 Å². The number of hydrogen-bond donors (Lipinski definition) is 4. The second-order valence-electron chi connectivity index (χ2n) is 9.59. The van der Waals surface area contributed by atoms with Crippen molar-refractivity contribution in [3.05, 3.63) is 60.2 Å². The van der Waals surface area contributed by atoms with Gasteiger partial charge in [0, 0.05) is 29.6 Å². The Morgan fingerprint density at radius 2 is 1.75 bits per heavy atom. The zero-order valence-corrected chi connectivity index (χ0v) is 20.9. The van der Waals surface area contributed by atoms with E-state index in [1.54, 1.807) is 6.92 Å². The van der Waals surface area contributed by atoms with E-state index in [0.717, 1.165) is 54.4 Å². The molecule has 0 spiro atoms. The molecule has 1 aromatic heterocycles. The number of carbonyl (C=O) groups excluding carboxylic acids is 3. The van der Waals surface area contributed by atoms with Crippen LogP contribution in [-0.4, -0.2) is 47.8 Å². The van der Waals surface area contributed by atoms with Gasteiger partial charge >= 0.3 is 0 Å². The number of rotatable bonds is 13. The van der Waals surface area contributed by atoms with Crippen LogP contribution in [0.2, 0.25) is 0 Å². The zero-order valence-electron chi connectivity index (χ0n) is 20.9. The maximum absolute atomic E-state index is 13.1. The lowest BCUT2D eigenvalue weighted by Gasteiger charge is -2.28. The number of aromatic amines is 1. The lowest BCUT2D eigenvalue weighted by molar-refractivity contribution is -0.131. The number of benzene rings is 2. The van der Waals surface area contributed by atoms with Crippen molar-refractivity contribution >= 4 is 28.5 Å². The average molecular weight is 489 g/mol. The summed E-state index contributed by atoms with van der Waals surface area (Å²) in [6.45, 7) is 2.90. The monoisotopic (exact) mass is 488 g/mol. The number of H-pyrrole nitrogens is 1. The second kappa shape index (κ2) is 12.5. The Labute approximate surface area is 212 Å². The molecule has 0 unspecified atom stereocenters. The van der Waals surface area contributed by atoms with Crippen molar-refractivity contribution in [2.45, 2.75) is 64.0 Å².